The highest BCUT2D eigenvalue weighted by molar-refractivity contribution is 7.89. The Morgan fingerprint density at radius 1 is 1.15 bits per heavy atom. The zero-order valence-corrected chi connectivity index (χ0v) is 15.6. The van der Waals surface area contributed by atoms with Crippen LogP contribution in [0.4, 0.5) is 0 Å². The standard InChI is InChI=1S/C18H22N4O4S/c23-18-17-14(4-6-19-18)15-12-13(2-3-16(15)21-17)27(24,25)20-5-1-7-22-8-10-26-11-9-22/h2-4,6,12,20-21H,1,5,7-11H2,(H,19,23). The molecule has 0 aliphatic carbocycles. The maximum atomic E-state index is 12.6. The number of benzene rings is 1. The molecule has 0 radical (unpaired) electrons. The Balaban J connectivity index is 1.49. The molecule has 2 aromatic heterocycles. The van der Waals surface area contributed by atoms with Crippen molar-refractivity contribution in [1.29, 1.82) is 0 Å². The number of pyridine rings is 1. The van der Waals surface area contributed by atoms with Crippen molar-refractivity contribution in [2.24, 2.45) is 0 Å². The third-order valence-corrected chi connectivity index (χ3v) is 6.32. The van der Waals surface area contributed by atoms with Gasteiger partial charge in [0.05, 0.1) is 18.1 Å². The van der Waals surface area contributed by atoms with Gasteiger partial charge in [0.25, 0.3) is 5.56 Å². The van der Waals surface area contributed by atoms with E-state index in [0.29, 0.717) is 22.8 Å². The van der Waals surface area contributed by atoms with Crippen LogP contribution >= 0.6 is 0 Å². The Labute approximate surface area is 156 Å². The van der Waals surface area contributed by atoms with Crippen molar-refractivity contribution >= 4 is 31.8 Å². The summed E-state index contributed by atoms with van der Waals surface area (Å²) in [6, 6.07) is 6.62. The summed E-state index contributed by atoms with van der Waals surface area (Å²) in [5.74, 6) is 0. The fourth-order valence-corrected chi connectivity index (χ4v) is 4.50. The van der Waals surface area contributed by atoms with Gasteiger partial charge in [-0.25, -0.2) is 13.1 Å². The van der Waals surface area contributed by atoms with Gasteiger partial charge in [-0.1, -0.05) is 0 Å². The number of morpholine rings is 1. The summed E-state index contributed by atoms with van der Waals surface area (Å²) in [6.45, 7) is 4.48. The van der Waals surface area contributed by atoms with Crippen LogP contribution in [0.5, 0.6) is 0 Å². The van der Waals surface area contributed by atoms with Crippen LogP contribution in [-0.2, 0) is 14.8 Å². The van der Waals surface area contributed by atoms with Gasteiger partial charge in [0.2, 0.25) is 10.0 Å². The lowest BCUT2D eigenvalue weighted by atomic mass is 10.2. The summed E-state index contributed by atoms with van der Waals surface area (Å²) in [5.41, 5.74) is 0.947. The smallest absolute Gasteiger partial charge is 0.272 e. The van der Waals surface area contributed by atoms with E-state index in [-0.39, 0.29) is 10.5 Å². The monoisotopic (exact) mass is 390 g/mol. The number of aromatic nitrogens is 2. The van der Waals surface area contributed by atoms with E-state index < -0.39 is 10.0 Å². The van der Waals surface area contributed by atoms with E-state index in [9.17, 15) is 13.2 Å². The molecule has 1 aliphatic heterocycles. The molecule has 1 saturated heterocycles. The number of nitrogens with one attached hydrogen (secondary N) is 3. The van der Waals surface area contributed by atoms with Crippen molar-refractivity contribution in [2.45, 2.75) is 11.3 Å². The first-order valence-electron chi connectivity index (χ1n) is 8.97. The molecular weight excluding hydrogens is 368 g/mol. The number of rotatable bonds is 6. The lowest BCUT2D eigenvalue weighted by molar-refractivity contribution is 0.0376. The molecule has 4 rings (SSSR count). The van der Waals surface area contributed by atoms with Gasteiger partial charge < -0.3 is 14.7 Å². The number of fused-ring (bicyclic) bond motifs is 3. The Morgan fingerprint density at radius 2 is 1.96 bits per heavy atom. The molecule has 144 valence electrons. The molecule has 1 fully saturated rings. The van der Waals surface area contributed by atoms with Gasteiger partial charge in [-0.05, 0) is 37.2 Å². The molecular formula is C18H22N4O4S. The van der Waals surface area contributed by atoms with Crippen LogP contribution in [0, 0.1) is 0 Å². The minimum Gasteiger partial charge on any atom is -0.379 e. The van der Waals surface area contributed by atoms with Crippen LogP contribution in [0.25, 0.3) is 21.8 Å². The van der Waals surface area contributed by atoms with Crippen LogP contribution in [0.2, 0.25) is 0 Å². The van der Waals surface area contributed by atoms with Crippen molar-refractivity contribution in [2.75, 3.05) is 39.4 Å². The number of hydrogen-bond acceptors (Lipinski definition) is 5. The number of ether oxygens (including phenoxy) is 1. The molecule has 1 aliphatic rings. The fourth-order valence-electron chi connectivity index (χ4n) is 3.40. The molecule has 3 N–H and O–H groups in total. The van der Waals surface area contributed by atoms with Crippen molar-refractivity contribution in [3.05, 3.63) is 40.8 Å². The predicted octanol–water partition coefficient (Wildman–Crippen LogP) is 1.01. The Bertz CT molecular complexity index is 1110. The maximum Gasteiger partial charge on any atom is 0.272 e. The Morgan fingerprint density at radius 3 is 2.78 bits per heavy atom. The van der Waals surface area contributed by atoms with Gasteiger partial charge in [0, 0.05) is 42.1 Å². The van der Waals surface area contributed by atoms with E-state index in [1.54, 1.807) is 30.5 Å². The van der Waals surface area contributed by atoms with Gasteiger partial charge in [0.1, 0.15) is 5.52 Å². The number of hydrogen-bond donors (Lipinski definition) is 3. The lowest BCUT2D eigenvalue weighted by Gasteiger charge is -2.26. The maximum absolute atomic E-state index is 12.6. The first kappa shape index (κ1) is 18.2. The van der Waals surface area contributed by atoms with Crippen LogP contribution in [0.1, 0.15) is 6.42 Å². The van der Waals surface area contributed by atoms with Gasteiger partial charge in [-0.15, -0.1) is 0 Å². The highest BCUT2D eigenvalue weighted by atomic mass is 32.2. The second-order valence-corrected chi connectivity index (χ2v) is 8.40. The van der Waals surface area contributed by atoms with E-state index in [1.165, 1.54) is 0 Å². The molecule has 27 heavy (non-hydrogen) atoms. The minimum absolute atomic E-state index is 0.197. The van der Waals surface area contributed by atoms with E-state index >= 15 is 0 Å². The van der Waals surface area contributed by atoms with Crippen molar-refractivity contribution in [3.63, 3.8) is 0 Å². The molecule has 0 bridgehead atoms. The van der Waals surface area contributed by atoms with Crippen LogP contribution < -0.4 is 10.3 Å². The van der Waals surface area contributed by atoms with Gasteiger partial charge in [-0.3, -0.25) is 9.69 Å². The topological polar surface area (TPSA) is 107 Å². The lowest BCUT2D eigenvalue weighted by Crippen LogP contribution is -2.38. The third-order valence-electron chi connectivity index (χ3n) is 4.86. The second kappa shape index (κ2) is 7.43. The zero-order valence-electron chi connectivity index (χ0n) is 14.8. The van der Waals surface area contributed by atoms with Crippen molar-refractivity contribution in [3.8, 4) is 0 Å². The molecule has 0 amide bonds. The SMILES string of the molecule is O=c1[nH]ccc2c1[nH]c1ccc(S(=O)(=O)NCCCN3CCOCC3)cc12. The molecule has 0 unspecified atom stereocenters. The van der Waals surface area contributed by atoms with Crippen LogP contribution in [0.3, 0.4) is 0 Å². The van der Waals surface area contributed by atoms with Gasteiger partial charge >= 0.3 is 0 Å². The third kappa shape index (κ3) is 3.77. The molecule has 3 aromatic rings. The summed E-state index contributed by atoms with van der Waals surface area (Å²) in [6.07, 6.45) is 2.30. The normalized spacial score (nSPS) is 16.3. The Kier molecular flexibility index (Phi) is 5.00. The average molecular weight is 390 g/mol. The summed E-state index contributed by atoms with van der Waals surface area (Å²) < 4.78 is 33.2. The van der Waals surface area contributed by atoms with E-state index in [2.05, 4.69) is 19.6 Å². The summed E-state index contributed by atoms with van der Waals surface area (Å²) in [7, 11) is -3.60. The van der Waals surface area contributed by atoms with Crippen LogP contribution in [-0.4, -0.2) is 62.7 Å². The molecule has 3 heterocycles. The minimum atomic E-state index is -3.60. The number of sulfonamides is 1. The average Bonchev–Trinajstić information content (AvgIpc) is 3.06. The molecule has 9 heteroatoms. The van der Waals surface area contributed by atoms with E-state index in [1.807, 2.05) is 0 Å². The molecule has 0 saturated carbocycles. The quantitative estimate of drug-likeness (QED) is 0.545. The molecule has 0 atom stereocenters. The number of aromatic amines is 2. The highest BCUT2D eigenvalue weighted by Crippen LogP contribution is 2.25. The molecule has 1 aromatic carbocycles. The Hall–Kier alpha value is -2.20. The van der Waals surface area contributed by atoms with Gasteiger partial charge in [-0.2, -0.15) is 0 Å². The van der Waals surface area contributed by atoms with Crippen LogP contribution in [0.15, 0.2) is 40.2 Å². The van der Waals surface area contributed by atoms with Crippen molar-refractivity contribution in [1.82, 2.24) is 19.6 Å². The van der Waals surface area contributed by atoms with E-state index in [4.69, 9.17) is 4.74 Å². The first-order chi connectivity index (χ1) is 13.0. The molecule has 0 spiro atoms. The fraction of sp³-hybridized carbons (Fsp3) is 0.389. The first-order valence-corrected chi connectivity index (χ1v) is 10.5. The van der Waals surface area contributed by atoms with Crippen molar-refractivity contribution < 1.29 is 13.2 Å². The highest BCUT2D eigenvalue weighted by Gasteiger charge is 2.17. The summed E-state index contributed by atoms with van der Waals surface area (Å²) >= 11 is 0. The van der Waals surface area contributed by atoms with Gasteiger partial charge in [0.15, 0.2) is 0 Å². The largest absolute Gasteiger partial charge is 0.379 e. The summed E-state index contributed by atoms with van der Waals surface area (Å²) in [4.78, 5) is 20.0. The zero-order chi connectivity index (χ0) is 18.9. The second-order valence-electron chi connectivity index (χ2n) is 6.63. The molecule has 8 nitrogen and oxygen atoms in total. The summed E-state index contributed by atoms with van der Waals surface area (Å²) in [5, 5.41) is 1.42. The predicted molar refractivity (Wildman–Crippen MR) is 103 cm³/mol. The van der Waals surface area contributed by atoms with E-state index in [0.717, 1.165) is 44.8 Å². The number of H-pyrrole nitrogens is 2. The number of nitrogens with zero attached hydrogens (tertiary/aromatic N) is 1.